The molecule has 0 spiro atoms. The van der Waals surface area contributed by atoms with Crippen LogP contribution in [0, 0.1) is 0 Å². The monoisotopic (exact) mass is 460 g/mol. The Balaban J connectivity index is 0.000000150. The number of benzene rings is 5. The van der Waals surface area contributed by atoms with Crippen LogP contribution in [0.15, 0.2) is 152 Å². The van der Waals surface area contributed by atoms with Gasteiger partial charge in [0.05, 0.1) is 0 Å². The van der Waals surface area contributed by atoms with Gasteiger partial charge in [-0.05, 0) is 48.5 Å². The third kappa shape index (κ3) is 10.2. The lowest BCUT2D eigenvalue weighted by molar-refractivity contribution is -0.479. The van der Waals surface area contributed by atoms with E-state index in [0.717, 1.165) is 0 Å². The minimum atomic E-state index is -1.84. The van der Waals surface area contributed by atoms with Crippen LogP contribution in [0.5, 0.6) is 0 Å². The van der Waals surface area contributed by atoms with E-state index in [1.165, 1.54) is 34.9 Å². The van der Waals surface area contributed by atoms with Gasteiger partial charge in [-0.25, -0.2) is 0 Å². The Bertz CT molecular complexity index is 1040. The fourth-order valence-corrected chi connectivity index (χ4v) is 3.19. The Labute approximate surface area is 207 Å². The van der Waals surface area contributed by atoms with Crippen LogP contribution in [0.25, 0.3) is 0 Å². The smallest absolute Gasteiger partial charge is 0.134 e. The van der Waals surface area contributed by atoms with Crippen molar-refractivity contribution in [3.8, 4) is 0 Å². The molecule has 0 heterocycles. The van der Waals surface area contributed by atoms with Crippen molar-refractivity contribution in [1.82, 2.24) is 0 Å². The van der Waals surface area contributed by atoms with Crippen molar-refractivity contribution < 1.29 is 20.7 Å². The number of hydrogen-bond acceptors (Lipinski definition) is 2. The van der Waals surface area contributed by atoms with E-state index in [1.807, 2.05) is 24.3 Å². The second kappa shape index (κ2) is 15.0. The molecule has 0 aliphatic heterocycles. The normalized spacial score (nSPS) is 9.66. The highest BCUT2D eigenvalue weighted by atomic mass is 16.4. The maximum Gasteiger partial charge on any atom is 0.134 e. The second-order valence-electron chi connectivity index (χ2n) is 7.67. The van der Waals surface area contributed by atoms with Crippen LogP contribution in [0.4, 0.5) is 22.7 Å². The SMILES string of the molecule is [O-]B([O-])c1ccccc1.c1ccc([NH2+]c2ccccc2)cc1.c1ccc([NH2+]c2ccccc2)cc1. The first-order valence-corrected chi connectivity index (χ1v) is 11.5. The van der Waals surface area contributed by atoms with E-state index in [1.54, 1.807) is 18.2 Å². The zero-order valence-corrected chi connectivity index (χ0v) is 19.5. The summed E-state index contributed by atoms with van der Waals surface area (Å²) in [5.41, 5.74) is 5.28. The van der Waals surface area contributed by atoms with Crippen LogP contribution in [0.1, 0.15) is 0 Å². The number of quaternary nitrogens is 2. The van der Waals surface area contributed by atoms with Crippen molar-refractivity contribution in [2.45, 2.75) is 0 Å². The van der Waals surface area contributed by atoms with Gasteiger partial charge in [0.25, 0.3) is 0 Å². The zero-order chi connectivity index (χ0) is 24.6. The third-order valence-corrected chi connectivity index (χ3v) is 4.94. The lowest BCUT2D eigenvalue weighted by Crippen LogP contribution is -2.70. The summed E-state index contributed by atoms with van der Waals surface area (Å²) in [5, 5.41) is 24.7. The summed E-state index contributed by atoms with van der Waals surface area (Å²) in [5.74, 6) is 0. The van der Waals surface area contributed by atoms with Gasteiger partial charge >= 0.3 is 0 Å². The summed E-state index contributed by atoms with van der Waals surface area (Å²) in [6.07, 6.45) is 0. The predicted molar refractivity (Wildman–Crippen MR) is 140 cm³/mol. The van der Waals surface area contributed by atoms with Crippen molar-refractivity contribution in [2.24, 2.45) is 0 Å². The molecule has 35 heavy (non-hydrogen) atoms. The van der Waals surface area contributed by atoms with Crippen molar-refractivity contribution in [1.29, 1.82) is 0 Å². The van der Waals surface area contributed by atoms with Crippen molar-refractivity contribution in [3.05, 3.63) is 152 Å². The molecule has 0 aromatic heterocycles. The standard InChI is InChI=1S/2C12H11N.C6H5BO2/c2*1-3-7-11(8-4-1)13-12-9-5-2-6-10-12;8-7(9)6-4-2-1-3-5-6/h2*1-10,13H;1-5H/q;;-2/p+2. The molecule has 5 aromatic carbocycles. The minimum absolute atomic E-state index is 0.303. The predicted octanol–water partition coefficient (Wildman–Crippen LogP) is 2.53. The molecule has 4 nitrogen and oxygen atoms in total. The Hall–Kier alpha value is -4.00. The summed E-state index contributed by atoms with van der Waals surface area (Å²) in [7, 11) is -1.84. The van der Waals surface area contributed by atoms with E-state index in [9.17, 15) is 10.0 Å². The topological polar surface area (TPSA) is 79.3 Å². The molecule has 5 heteroatoms. The van der Waals surface area contributed by atoms with Gasteiger partial charge in [0.2, 0.25) is 0 Å². The quantitative estimate of drug-likeness (QED) is 0.312. The molecule has 4 N–H and O–H groups in total. The van der Waals surface area contributed by atoms with Gasteiger partial charge in [-0.3, -0.25) is 10.6 Å². The van der Waals surface area contributed by atoms with Crippen LogP contribution in [0.2, 0.25) is 0 Å². The summed E-state index contributed by atoms with van der Waals surface area (Å²) in [6, 6.07) is 49.5. The van der Waals surface area contributed by atoms with E-state index in [0.29, 0.717) is 5.46 Å². The highest BCUT2D eigenvalue weighted by Gasteiger charge is 1.97. The summed E-state index contributed by atoms with van der Waals surface area (Å²) < 4.78 is 0. The van der Waals surface area contributed by atoms with Gasteiger partial charge in [-0.2, -0.15) is 0 Å². The van der Waals surface area contributed by atoms with Gasteiger partial charge in [0, 0.05) is 0 Å². The average molecular weight is 460 g/mol. The Morgan fingerprint density at radius 2 is 0.571 bits per heavy atom. The summed E-state index contributed by atoms with van der Waals surface area (Å²) >= 11 is 0. The lowest BCUT2D eigenvalue weighted by atomic mass is 9.81. The van der Waals surface area contributed by atoms with Gasteiger partial charge < -0.3 is 10.0 Å². The molecule has 0 bridgehead atoms. The number of rotatable bonds is 5. The first kappa shape index (κ1) is 25.6. The first-order chi connectivity index (χ1) is 17.2. The summed E-state index contributed by atoms with van der Waals surface area (Å²) in [6.45, 7) is 0. The molecular weight excluding hydrogens is 431 g/mol. The Morgan fingerprint density at radius 1 is 0.343 bits per heavy atom. The number of nitrogens with two attached hydrogens (primary N) is 2. The average Bonchev–Trinajstić information content (AvgIpc) is 2.92. The zero-order valence-electron chi connectivity index (χ0n) is 19.5. The second-order valence-corrected chi connectivity index (χ2v) is 7.67. The molecule has 174 valence electrons. The lowest BCUT2D eigenvalue weighted by Gasteiger charge is -2.26. The molecule has 0 atom stereocenters. The molecule has 5 rings (SSSR count). The van der Waals surface area contributed by atoms with Crippen LogP contribution in [-0.4, -0.2) is 7.12 Å². The van der Waals surface area contributed by atoms with Gasteiger partial charge in [0.15, 0.2) is 0 Å². The molecular formula is C30H29BN2O2. The maximum absolute atomic E-state index is 10.2. The maximum atomic E-state index is 10.2. The third-order valence-electron chi connectivity index (χ3n) is 4.94. The van der Waals surface area contributed by atoms with Crippen LogP contribution in [-0.2, 0) is 0 Å². The fraction of sp³-hybridized carbons (Fsp3) is 0. The highest BCUT2D eigenvalue weighted by molar-refractivity contribution is 6.55. The molecule has 0 radical (unpaired) electrons. The van der Waals surface area contributed by atoms with E-state index in [4.69, 9.17) is 0 Å². The van der Waals surface area contributed by atoms with Gasteiger partial charge in [-0.1, -0.05) is 110 Å². The van der Waals surface area contributed by atoms with E-state index in [2.05, 4.69) is 108 Å². The largest absolute Gasteiger partial charge is 0.889 e. The van der Waals surface area contributed by atoms with Gasteiger partial charge in [-0.15, -0.1) is 5.46 Å². The van der Waals surface area contributed by atoms with E-state index in [-0.39, 0.29) is 0 Å². The molecule has 5 aromatic rings. The van der Waals surface area contributed by atoms with E-state index < -0.39 is 7.12 Å². The van der Waals surface area contributed by atoms with Crippen molar-refractivity contribution in [2.75, 3.05) is 0 Å². The molecule has 0 fully saturated rings. The minimum Gasteiger partial charge on any atom is -0.889 e. The molecule has 0 saturated heterocycles. The highest BCUT2D eigenvalue weighted by Crippen LogP contribution is 2.04. The molecule has 0 amide bonds. The Kier molecular flexibility index (Phi) is 11.0. The first-order valence-electron chi connectivity index (χ1n) is 11.5. The van der Waals surface area contributed by atoms with Crippen molar-refractivity contribution in [3.63, 3.8) is 0 Å². The molecule has 0 unspecified atom stereocenters. The molecule has 0 aliphatic rings. The van der Waals surface area contributed by atoms with Crippen LogP contribution >= 0.6 is 0 Å². The number of hydrogen-bond donors (Lipinski definition) is 2. The molecule has 0 saturated carbocycles. The Morgan fingerprint density at radius 3 is 0.771 bits per heavy atom. The number of para-hydroxylation sites is 4. The van der Waals surface area contributed by atoms with E-state index >= 15 is 0 Å². The van der Waals surface area contributed by atoms with Crippen LogP contribution < -0.4 is 26.1 Å². The van der Waals surface area contributed by atoms with Crippen LogP contribution in [0.3, 0.4) is 0 Å². The fourth-order valence-electron chi connectivity index (χ4n) is 3.19. The van der Waals surface area contributed by atoms with Crippen molar-refractivity contribution >= 4 is 35.3 Å². The summed E-state index contributed by atoms with van der Waals surface area (Å²) in [4.78, 5) is 0. The van der Waals surface area contributed by atoms with Gasteiger partial charge in [0.1, 0.15) is 22.7 Å². The molecule has 0 aliphatic carbocycles.